The lowest BCUT2D eigenvalue weighted by Gasteiger charge is -2.28. The Balaban J connectivity index is 1.70. The molecule has 1 aliphatic heterocycles. The van der Waals surface area contributed by atoms with Crippen molar-refractivity contribution in [2.24, 2.45) is 5.92 Å². The van der Waals surface area contributed by atoms with Crippen molar-refractivity contribution in [2.75, 3.05) is 13.1 Å². The van der Waals surface area contributed by atoms with Crippen molar-refractivity contribution in [3.05, 3.63) is 23.5 Å². The molecule has 2 aromatic heterocycles. The normalized spacial score (nSPS) is 21.7. The molecule has 0 N–H and O–H groups in total. The van der Waals surface area contributed by atoms with Gasteiger partial charge in [-0.1, -0.05) is 0 Å². The van der Waals surface area contributed by atoms with Gasteiger partial charge in [0.05, 0.1) is 17.7 Å². The number of nitrogens with zero attached hydrogens (tertiary/aromatic N) is 4. The first-order valence-electron chi connectivity index (χ1n) is 5.88. The topological polar surface area (TPSA) is 44.3 Å². The Bertz CT molecular complexity index is 522. The van der Waals surface area contributed by atoms with Crippen LogP contribution in [-0.2, 0) is 6.54 Å². The highest BCUT2D eigenvalue weighted by molar-refractivity contribution is 7.15. The summed E-state index contributed by atoms with van der Waals surface area (Å²) in [5.41, 5.74) is 1.11. The Morgan fingerprint density at radius 1 is 1.59 bits per heavy atom. The first kappa shape index (κ1) is 10.8. The van der Waals surface area contributed by atoms with Gasteiger partial charge in [-0.05, 0) is 19.4 Å². The molecule has 1 fully saturated rings. The van der Waals surface area contributed by atoms with Crippen molar-refractivity contribution in [3.8, 4) is 6.07 Å². The molecule has 0 amide bonds. The highest BCUT2D eigenvalue weighted by Crippen LogP contribution is 2.18. The fourth-order valence-corrected chi connectivity index (χ4v) is 3.10. The van der Waals surface area contributed by atoms with Crippen LogP contribution in [0, 0.1) is 17.2 Å². The summed E-state index contributed by atoms with van der Waals surface area (Å²) in [5, 5.41) is 11.0. The number of likely N-dealkylation sites (tertiary alicyclic amines) is 1. The molecule has 88 valence electrons. The van der Waals surface area contributed by atoms with Gasteiger partial charge in [-0.2, -0.15) is 5.26 Å². The van der Waals surface area contributed by atoms with Crippen LogP contribution in [0.15, 0.2) is 17.8 Å². The highest BCUT2D eigenvalue weighted by Gasteiger charge is 2.20. The van der Waals surface area contributed by atoms with Gasteiger partial charge in [0.1, 0.15) is 0 Å². The van der Waals surface area contributed by atoms with E-state index < -0.39 is 0 Å². The molecule has 0 aliphatic carbocycles. The van der Waals surface area contributed by atoms with E-state index in [1.54, 1.807) is 11.3 Å². The Morgan fingerprint density at radius 3 is 3.35 bits per heavy atom. The summed E-state index contributed by atoms with van der Waals surface area (Å²) in [6.45, 7) is 2.84. The SMILES string of the molecule is N#CC1CCCN(Cc2cn3ccsc3n2)C1. The van der Waals surface area contributed by atoms with E-state index in [9.17, 15) is 0 Å². The monoisotopic (exact) mass is 246 g/mol. The van der Waals surface area contributed by atoms with Gasteiger partial charge in [0.2, 0.25) is 0 Å². The van der Waals surface area contributed by atoms with Crippen molar-refractivity contribution in [1.29, 1.82) is 5.26 Å². The number of nitriles is 1. The molecule has 4 nitrogen and oxygen atoms in total. The molecule has 17 heavy (non-hydrogen) atoms. The van der Waals surface area contributed by atoms with Gasteiger partial charge in [-0.15, -0.1) is 11.3 Å². The van der Waals surface area contributed by atoms with Crippen molar-refractivity contribution < 1.29 is 0 Å². The summed E-state index contributed by atoms with van der Waals surface area (Å²) >= 11 is 1.66. The lowest BCUT2D eigenvalue weighted by atomic mass is 10.00. The van der Waals surface area contributed by atoms with Crippen LogP contribution in [0.3, 0.4) is 0 Å². The second-order valence-corrected chi connectivity index (χ2v) is 5.40. The molecular formula is C12H14N4S. The maximum Gasteiger partial charge on any atom is 0.193 e. The van der Waals surface area contributed by atoms with E-state index in [4.69, 9.17) is 5.26 Å². The van der Waals surface area contributed by atoms with Gasteiger partial charge in [-0.3, -0.25) is 9.30 Å². The van der Waals surface area contributed by atoms with Crippen molar-refractivity contribution in [1.82, 2.24) is 14.3 Å². The molecule has 3 heterocycles. The van der Waals surface area contributed by atoms with Gasteiger partial charge < -0.3 is 0 Å². The van der Waals surface area contributed by atoms with Gasteiger partial charge in [0.25, 0.3) is 0 Å². The second kappa shape index (κ2) is 4.47. The van der Waals surface area contributed by atoms with E-state index in [1.807, 2.05) is 11.6 Å². The van der Waals surface area contributed by atoms with E-state index in [2.05, 4.69) is 26.6 Å². The predicted molar refractivity (Wildman–Crippen MR) is 66.7 cm³/mol. The third kappa shape index (κ3) is 2.19. The van der Waals surface area contributed by atoms with Gasteiger partial charge in [0, 0.05) is 30.9 Å². The Kier molecular flexibility index (Phi) is 2.83. The highest BCUT2D eigenvalue weighted by atomic mass is 32.1. The molecule has 2 aromatic rings. The van der Waals surface area contributed by atoms with Crippen molar-refractivity contribution in [3.63, 3.8) is 0 Å². The Hall–Kier alpha value is -1.38. The summed E-state index contributed by atoms with van der Waals surface area (Å²) in [4.78, 5) is 7.96. The standard InChI is InChI=1S/C12H14N4S/c13-6-10-2-1-3-15(7-10)8-11-9-16-4-5-17-12(16)14-11/h4-5,9-10H,1-3,7-8H2. The largest absolute Gasteiger partial charge is 0.297 e. The lowest BCUT2D eigenvalue weighted by molar-refractivity contribution is 0.190. The van der Waals surface area contributed by atoms with Crippen LogP contribution in [0.25, 0.3) is 4.96 Å². The van der Waals surface area contributed by atoms with Crippen LogP contribution >= 0.6 is 11.3 Å². The molecule has 1 unspecified atom stereocenters. The minimum Gasteiger partial charge on any atom is -0.297 e. The number of imidazole rings is 1. The molecule has 3 rings (SSSR count). The Labute approximate surface area is 104 Å². The first-order valence-corrected chi connectivity index (χ1v) is 6.76. The molecule has 0 radical (unpaired) electrons. The molecule has 0 aromatic carbocycles. The molecule has 5 heteroatoms. The molecular weight excluding hydrogens is 232 g/mol. The third-order valence-corrected chi connectivity index (χ3v) is 3.99. The van der Waals surface area contributed by atoms with Crippen LogP contribution in [0.1, 0.15) is 18.5 Å². The zero-order valence-corrected chi connectivity index (χ0v) is 10.4. The third-order valence-electron chi connectivity index (χ3n) is 3.22. The van der Waals surface area contributed by atoms with Crippen LogP contribution < -0.4 is 0 Å². The fraction of sp³-hybridized carbons (Fsp3) is 0.500. The quantitative estimate of drug-likeness (QED) is 0.815. The minimum absolute atomic E-state index is 0.201. The number of hydrogen-bond acceptors (Lipinski definition) is 4. The average molecular weight is 246 g/mol. The number of piperidine rings is 1. The zero-order chi connectivity index (χ0) is 11.7. The van der Waals surface area contributed by atoms with Crippen LogP contribution in [-0.4, -0.2) is 27.4 Å². The van der Waals surface area contributed by atoms with Crippen LogP contribution in [0.5, 0.6) is 0 Å². The van der Waals surface area contributed by atoms with E-state index in [-0.39, 0.29) is 5.92 Å². The minimum atomic E-state index is 0.201. The van der Waals surface area contributed by atoms with E-state index in [0.29, 0.717) is 0 Å². The summed E-state index contributed by atoms with van der Waals surface area (Å²) in [7, 11) is 0. The Morgan fingerprint density at radius 2 is 2.53 bits per heavy atom. The molecule has 1 saturated heterocycles. The molecule has 0 spiro atoms. The summed E-state index contributed by atoms with van der Waals surface area (Å²) in [6, 6.07) is 2.38. The van der Waals surface area contributed by atoms with E-state index in [1.165, 1.54) is 0 Å². The summed E-state index contributed by atoms with van der Waals surface area (Å²) in [5.74, 6) is 0.201. The van der Waals surface area contributed by atoms with Gasteiger partial charge in [0.15, 0.2) is 4.96 Å². The van der Waals surface area contributed by atoms with E-state index in [0.717, 1.165) is 43.1 Å². The smallest absolute Gasteiger partial charge is 0.193 e. The van der Waals surface area contributed by atoms with Crippen LogP contribution in [0.2, 0.25) is 0 Å². The number of fused-ring (bicyclic) bond motifs is 1. The fourth-order valence-electron chi connectivity index (χ4n) is 2.39. The number of rotatable bonds is 2. The van der Waals surface area contributed by atoms with Crippen molar-refractivity contribution >= 4 is 16.3 Å². The van der Waals surface area contributed by atoms with Crippen LogP contribution in [0.4, 0.5) is 0 Å². The predicted octanol–water partition coefficient (Wildman–Crippen LogP) is 2.13. The first-order chi connectivity index (χ1) is 8.35. The summed E-state index contributed by atoms with van der Waals surface area (Å²) < 4.78 is 2.06. The molecule has 1 aliphatic rings. The second-order valence-electron chi connectivity index (χ2n) is 4.53. The van der Waals surface area contributed by atoms with E-state index >= 15 is 0 Å². The number of thiazole rings is 1. The average Bonchev–Trinajstić information content (AvgIpc) is 2.90. The molecule has 1 atom stereocenters. The summed E-state index contributed by atoms with van der Waals surface area (Å²) in [6.07, 6.45) is 6.29. The maximum absolute atomic E-state index is 8.96. The molecule has 0 saturated carbocycles. The molecule has 0 bridgehead atoms. The zero-order valence-electron chi connectivity index (χ0n) is 9.54. The van der Waals surface area contributed by atoms with Gasteiger partial charge in [-0.25, -0.2) is 4.98 Å². The number of aromatic nitrogens is 2. The maximum atomic E-state index is 8.96. The number of hydrogen-bond donors (Lipinski definition) is 0. The van der Waals surface area contributed by atoms with Gasteiger partial charge >= 0.3 is 0 Å². The lowest BCUT2D eigenvalue weighted by Crippen LogP contribution is -2.34. The van der Waals surface area contributed by atoms with Crippen molar-refractivity contribution in [2.45, 2.75) is 19.4 Å².